The van der Waals surface area contributed by atoms with Crippen molar-refractivity contribution in [2.75, 3.05) is 0 Å². The number of rotatable bonds is 2. The van der Waals surface area contributed by atoms with E-state index in [4.69, 9.17) is 16.2 Å². The number of esters is 1. The van der Waals surface area contributed by atoms with Gasteiger partial charge in [0.25, 0.3) is 0 Å². The zero-order valence-corrected chi connectivity index (χ0v) is 9.35. The predicted octanol–water partition coefficient (Wildman–Crippen LogP) is 0.424. The monoisotopic (exact) mass is 210 g/mol. The van der Waals surface area contributed by atoms with Crippen LogP contribution in [0.15, 0.2) is 0 Å². The van der Waals surface area contributed by atoms with Gasteiger partial charge in [0.1, 0.15) is 11.6 Å². The van der Waals surface area contributed by atoms with Gasteiger partial charge < -0.3 is 16.2 Å². The molecule has 0 radical (unpaired) electrons. The molecule has 0 aliphatic heterocycles. The van der Waals surface area contributed by atoms with Crippen LogP contribution in [0.2, 0.25) is 0 Å². The molecule has 4 N–H and O–H groups in total. The summed E-state index contributed by atoms with van der Waals surface area (Å²) in [5, 5.41) is 0. The average molecular weight is 211 g/mol. The summed E-state index contributed by atoms with van der Waals surface area (Å²) in [5.41, 5.74) is 10.4. The van der Waals surface area contributed by atoms with E-state index >= 15 is 0 Å². The lowest BCUT2D eigenvalue weighted by Crippen LogP contribution is -2.48. The first-order valence-electron chi connectivity index (χ1n) is 3.98. The number of hydrogen-bond acceptors (Lipinski definition) is 4. The Morgan fingerprint density at radius 2 is 1.69 bits per heavy atom. The Kier molecular flexibility index (Phi) is 6.32. The molecule has 2 atom stereocenters. The van der Waals surface area contributed by atoms with Crippen molar-refractivity contribution >= 4 is 18.4 Å². The molecule has 0 amide bonds. The second kappa shape index (κ2) is 5.42. The summed E-state index contributed by atoms with van der Waals surface area (Å²) in [5.74, 6) is -0.447. The van der Waals surface area contributed by atoms with Crippen LogP contribution in [0.5, 0.6) is 0 Å². The van der Waals surface area contributed by atoms with Crippen LogP contribution in [0.4, 0.5) is 0 Å². The summed E-state index contributed by atoms with van der Waals surface area (Å²) in [6.07, 6.45) is 0. The van der Waals surface area contributed by atoms with E-state index in [1.54, 1.807) is 27.7 Å². The number of carbonyl (C=O) groups excluding carboxylic acids is 1. The number of carbonyl (C=O) groups is 1. The molecule has 0 aromatic heterocycles. The van der Waals surface area contributed by atoms with Gasteiger partial charge in [-0.25, -0.2) is 0 Å². The third kappa shape index (κ3) is 6.81. The summed E-state index contributed by atoms with van der Waals surface area (Å²) >= 11 is 0. The highest BCUT2D eigenvalue weighted by atomic mass is 35.5. The lowest BCUT2D eigenvalue weighted by molar-refractivity contribution is -0.156. The van der Waals surface area contributed by atoms with Crippen molar-refractivity contribution in [1.82, 2.24) is 0 Å². The Morgan fingerprint density at radius 3 is 1.92 bits per heavy atom. The van der Waals surface area contributed by atoms with Crippen LogP contribution >= 0.6 is 12.4 Å². The third-order valence-electron chi connectivity index (χ3n) is 1.25. The number of halogens is 1. The molecule has 0 saturated heterocycles. The van der Waals surface area contributed by atoms with Crippen LogP contribution in [-0.4, -0.2) is 23.7 Å². The second-order valence-electron chi connectivity index (χ2n) is 3.92. The van der Waals surface area contributed by atoms with Gasteiger partial charge in [0, 0.05) is 6.04 Å². The van der Waals surface area contributed by atoms with E-state index in [0.29, 0.717) is 0 Å². The fraction of sp³-hybridized carbons (Fsp3) is 0.875. The minimum Gasteiger partial charge on any atom is -0.459 e. The Bertz CT molecular complexity index is 166. The molecule has 4 nitrogen and oxygen atoms in total. The Morgan fingerprint density at radius 1 is 1.31 bits per heavy atom. The summed E-state index contributed by atoms with van der Waals surface area (Å²) in [6, 6.07) is -1.11. The van der Waals surface area contributed by atoms with Gasteiger partial charge in [-0.2, -0.15) is 0 Å². The van der Waals surface area contributed by atoms with Gasteiger partial charge in [-0.15, -0.1) is 12.4 Å². The van der Waals surface area contributed by atoms with E-state index in [1.807, 2.05) is 0 Å². The molecule has 0 aliphatic carbocycles. The standard InChI is InChI=1S/C8H18N2O2.ClH/c1-5(9)6(10)7(11)12-8(2,3)4;/h5-6H,9-10H2,1-4H3;1H/t5?,6-;/m1./s1. The van der Waals surface area contributed by atoms with Crippen molar-refractivity contribution in [1.29, 1.82) is 0 Å². The Hall–Kier alpha value is -0.320. The van der Waals surface area contributed by atoms with Gasteiger partial charge in [0.15, 0.2) is 0 Å². The quantitative estimate of drug-likeness (QED) is 0.648. The van der Waals surface area contributed by atoms with Gasteiger partial charge in [-0.3, -0.25) is 4.79 Å². The maximum Gasteiger partial charge on any atom is 0.325 e. The van der Waals surface area contributed by atoms with E-state index in [-0.39, 0.29) is 18.4 Å². The van der Waals surface area contributed by atoms with Crippen LogP contribution in [0.25, 0.3) is 0 Å². The molecule has 0 bridgehead atoms. The van der Waals surface area contributed by atoms with Gasteiger partial charge in [0.05, 0.1) is 0 Å². The molecule has 0 saturated carbocycles. The first kappa shape index (κ1) is 15.2. The highest BCUT2D eigenvalue weighted by Gasteiger charge is 2.24. The van der Waals surface area contributed by atoms with Crippen LogP contribution < -0.4 is 11.5 Å². The second-order valence-corrected chi connectivity index (χ2v) is 3.92. The molecule has 0 heterocycles. The molecule has 0 aromatic carbocycles. The SMILES string of the molecule is CC(N)[C@@H](N)C(=O)OC(C)(C)C.Cl. The Labute approximate surface area is 85.4 Å². The number of ether oxygens (including phenoxy) is 1. The zero-order valence-electron chi connectivity index (χ0n) is 8.53. The molecule has 0 spiro atoms. The molecule has 0 rings (SSSR count). The first-order valence-corrected chi connectivity index (χ1v) is 3.98. The number of hydrogen-bond donors (Lipinski definition) is 2. The van der Waals surface area contributed by atoms with Crippen molar-refractivity contribution in [3.8, 4) is 0 Å². The van der Waals surface area contributed by atoms with Crippen molar-refractivity contribution in [2.24, 2.45) is 11.5 Å². The smallest absolute Gasteiger partial charge is 0.325 e. The third-order valence-corrected chi connectivity index (χ3v) is 1.25. The minimum absolute atomic E-state index is 0. The molecule has 0 aromatic rings. The van der Waals surface area contributed by atoms with Crippen molar-refractivity contribution in [3.63, 3.8) is 0 Å². The van der Waals surface area contributed by atoms with Crippen molar-refractivity contribution in [3.05, 3.63) is 0 Å². The summed E-state index contributed by atoms with van der Waals surface area (Å²) in [6.45, 7) is 7.05. The molecule has 5 heteroatoms. The highest BCUT2D eigenvalue weighted by Crippen LogP contribution is 2.08. The largest absolute Gasteiger partial charge is 0.459 e. The molecular formula is C8H19ClN2O2. The van der Waals surface area contributed by atoms with Crippen molar-refractivity contribution in [2.45, 2.75) is 45.4 Å². The normalized spacial score (nSPS) is 15.5. The van der Waals surface area contributed by atoms with E-state index in [1.165, 1.54) is 0 Å². The van der Waals surface area contributed by atoms with Crippen LogP contribution in [0, 0.1) is 0 Å². The van der Waals surface area contributed by atoms with Crippen LogP contribution in [0.3, 0.4) is 0 Å². The molecule has 80 valence electrons. The maximum atomic E-state index is 11.2. The first-order chi connectivity index (χ1) is 5.24. The maximum absolute atomic E-state index is 11.2. The topological polar surface area (TPSA) is 78.3 Å². The molecule has 13 heavy (non-hydrogen) atoms. The van der Waals surface area contributed by atoms with E-state index < -0.39 is 17.6 Å². The van der Waals surface area contributed by atoms with Crippen LogP contribution in [0.1, 0.15) is 27.7 Å². The highest BCUT2D eigenvalue weighted by molar-refractivity contribution is 5.85. The molecular weight excluding hydrogens is 192 g/mol. The van der Waals surface area contributed by atoms with Gasteiger partial charge >= 0.3 is 5.97 Å². The van der Waals surface area contributed by atoms with Gasteiger partial charge in [-0.05, 0) is 27.7 Å². The summed E-state index contributed by atoms with van der Waals surface area (Å²) < 4.78 is 5.02. The van der Waals surface area contributed by atoms with E-state index in [9.17, 15) is 4.79 Å². The van der Waals surface area contributed by atoms with Gasteiger partial charge in [0.2, 0.25) is 0 Å². The summed E-state index contributed by atoms with van der Waals surface area (Å²) in [4.78, 5) is 11.2. The fourth-order valence-corrected chi connectivity index (χ4v) is 0.584. The average Bonchev–Trinajstić information content (AvgIpc) is 1.82. The lowest BCUT2D eigenvalue weighted by Gasteiger charge is -2.23. The van der Waals surface area contributed by atoms with Gasteiger partial charge in [-0.1, -0.05) is 0 Å². The predicted molar refractivity (Wildman–Crippen MR) is 54.7 cm³/mol. The minimum atomic E-state index is -0.732. The molecule has 0 aliphatic rings. The zero-order chi connectivity index (χ0) is 9.94. The Balaban J connectivity index is 0. The number of nitrogens with two attached hydrogens (primary N) is 2. The summed E-state index contributed by atoms with van der Waals surface area (Å²) in [7, 11) is 0. The molecule has 0 fully saturated rings. The van der Waals surface area contributed by atoms with E-state index in [0.717, 1.165) is 0 Å². The van der Waals surface area contributed by atoms with Crippen molar-refractivity contribution < 1.29 is 9.53 Å². The molecule has 1 unspecified atom stereocenters. The lowest BCUT2D eigenvalue weighted by atomic mass is 10.1. The van der Waals surface area contributed by atoms with Crippen LogP contribution in [-0.2, 0) is 9.53 Å². The van der Waals surface area contributed by atoms with E-state index in [2.05, 4.69) is 0 Å². The fourth-order valence-electron chi connectivity index (χ4n) is 0.584.